The van der Waals surface area contributed by atoms with Crippen LogP contribution in [0.15, 0.2) is 48.5 Å². The molecule has 3 aromatic rings. The fraction of sp³-hybridized carbons (Fsp3) is 0.467. The van der Waals surface area contributed by atoms with Crippen molar-refractivity contribution in [3.63, 3.8) is 0 Å². The molecule has 0 bridgehead atoms. The molecule has 0 radical (unpaired) electrons. The predicted octanol–water partition coefficient (Wildman–Crippen LogP) is 5.71. The minimum Gasteiger partial charge on any atom is -0.493 e. The number of piperidine rings is 1. The molecule has 1 aliphatic heterocycles. The number of hydrogen-bond donors (Lipinski definition) is 0. The fourth-order valence-electron chi connectivity index (χ4n) is 5.37. The lowest BCUT2D eigenvalue weighted by Crippen LogP contribution is -2.48. The van der Waals surface area contributed by atoms with Crippen molar-refractivity contribution < 1.29 is 9.53 Å². The van der Waals surface area contributed by atoms with E-state index in [-0.39, 0.29) is 11.3 Å². The van der Waals surface area contributed by atoms with E-state index in [0.29, 0.717) is 19.6 Å². The van der Waals surface area contributed by atoms with E-state index >= 15 is 0 Å². The van der Waals surface area contributed by atoms with Crippen molar-refractivity contribution in [2.75, 3.05) is 26.7 Å². The lowest BCUT2D eigenvalue weighted by Gasteiger charge is -2.43. The molecule has 37 heavy (non-hydrogen) atoms. The molecule has 0 N–H and O–H groups in total. The summed E-state index contributed by atoms with van der Waals surface area (Å²) in [6.07, 6.45) is 2.42. The van der Waals surface area contributed by atoms with Crippen LogP contribution in [-0.2, 0) is 24.9 Å². The van der Waals surface area contributed by atoms with Crippen LogP contribution in [0, 0.1) is 26.2 Å². The van der Waals surface area contributed by atoms with Crippen molar-refractivity contribution in [3.8, 4) is 5.75 Å². The highest BCUT2D eigenvalue weighted by Gasteiger charge is 2.39. The van der Waals surface area contributed by atoms with E-state index in [9.17, 15) is 4.79 Å². The molecule has 0 spiro atoms. The van der Waals surface area contributed by atoms with Crippen molar-refractivity contribution >= 4 is 17.5 Å². The molecule has 0 unspecified atom stereocenters. The summed E-state index contributed by atoms with van der Waals surface area (Å²) in [5.74, 6) is 0.942. The van der Waals surface area contributed by atoms with Gasteiger partial charge < -0.3 is 9.64 Å². The third-order valence-corrected chi connectivity index (χ3v) is 8.09. The number of amides is 1. The van der Waals surface area contributed by atoms with Crippen LogP contribution in [0.4, 0.5) is 0 Å². The summed E-state index contributed by atoms with van der Waals surface area (Å²) >= 11 is 6.23. The first-order valence-corrected chi connectivity index (χ1v) is 13.4. The maximum atomic E-state index is 13.5. The summed E-state index contributed by atoms with van der Waals surface area (Å²) in [7, 11) is 3.89. The summed E-state index contributed by atoms with van der Waals surface area (Å²) < 4.78 is 8.32. The van der Waals surface area contributed by atoms with E-state index in [0.717, 1.165) is 60.1 Å². The Balaban J connectivity index is 1.53. The molecule has 1 atom stereocenters. The van der Waals surface area contributed by atoms with Gasteiger partial charge in [0, 0.05) is 61.8 Å². The van der Waals surface area contributed by atoms with Crippen LogP contribution < -0.4 is 4.74 Å². The Morgan fingerprint density at radius 1 is 1.16 bits per heavy atom. The Kier molecular flexibility index (Phi) is 8.60. The molecule has 1 aromatic heterocycles. The van der Waals surface area contributed by atoms with Crippen LogP contribution in [0.3, 0.4) is 0 Å². The summed E-state index contributed by atoms with van der Waals surface area (Å²) in [6, 6.07) is 15.9. The molecule has 4 rings (SSSR count). The highest BCUT2D eigenvalue weighted by atomic mass is 35.5. The van der Waals surface area contributed by atoms with Crippen LogP contribution in [-0.4, -0.2) is 52.2 Å². The van der Waals surface area contributed by atoms with Crippen LogP contribution >= 0.6 is 11.6 Å². The smallest absolute Gasteiger partial charge is 0.223 e. The van der Waals surface area contributed by atoms with Gasteiger partial charge in [-0.3, -0.25) is 14.4 Å². The van der Waals surface area contributed by atoms with Gasteiger partial charge >= 0.3 is 0 Å². The Labute approximate surface area is 226 Å². The number of rotatable bonds is 9. The van der Waals surface area contributed by atoms with Gasteiger partial charge in [0.15, 0.2) is 0 Å². The van der Waals surface area contributed by atoms with Gasteiger partial charge in [-0.25, -0.2) is 0 Å². The third-order valence-electron chi connectivity index (χ3n) is 7.67. The second-order valence-corrected chi connectivity index (χ2v) is 11.1. The van der Waals surface area contributed by atoms with E-state index in [1.807, 2.05) is 67.0 Å². The highest BCUT2D eigenvalue weighted by molar-refractivity contribution is 6.31. The number of nitrogens with zero attached hydrogens (tertiary/aromatic N) is 4. The topological polar surface area (TPSA) is 50.6 Å². The number of likely N-dealkylation sites (tertiary alicyclic amines) is 1. The largest absolute Gasteiger partial charge is 0.493 e. The summed E-state index contributed by atoms with van der Waals surface area (Å²) in [5, 5.41) is 5.34. The first-order valence-electron chi connectivity index (χ1n) is 13.0. The SMILES string of the molecule is Cc1cc(OC[C@@]2(CC(=O)N(C)Cc3ccccc3)CCCN(Cc3c(C)nn(C)c3C)C2)ccc1Cl. The van der Waals surface area contributed by atoms with Gasteiger partial charge in [0.25, 0.3) is 0 Å². The van der Waals surface area contributed by atoms with Crippen molar-refractivity contribution in [2.24, 2.45) is 12.5 Å². The first-order chi connectivity index (χ1) is 17.7. The van der Waals surface area contributed by atoms with Crippen molar-refractivity contribution in [2.45, 2.75) is 53.1 Å². The van der Waals surface area contributed by atoms with E-state index in [4.69, 9.17) is 16.3 Å². The summed E-state index contributed by atoms with van der Waals surface area (Å²) in [4.78, 5) is 17.8. The molecule has 0 saturated carbocycles. The molecule has 1 aliphatic rings. The van der Waals surface area contributed by atoms with Gasteiger partial charge in [-0.05, 0) is 69.5 Å². The Bertz CT molecular complexity index is 1230. The zero-order valence-electron chi connectivity index (χ0n) is 22.8. The zero-order valence-corrected chi connectivity index (χ0v) is 23.5. The van der Waals surface area contributed by atoms with Gasteiger partial charge in [-0.2, -0.15) is 5.10 Å². The number of aryl methyl sites for hydroxylation is 3. The average Bonchev–Trinajstić information content (AvgIpc) is 3.11. The quantitative estimate of drug-likeness (QED) is 0.361. The maximum absolute atomic E-state index is 13.5. The molecule has 1 amide bonds. The number of benzene rings is 2. The van der Waals surface area contributed by atoms with E-state index in [1.54, 1.807) is 0 Å². The Hall–Kier alpha value is -2.83. The van der Waals surface area contributed by atoms with Crippen LogP contribution in [0.2, 0.25) is 5.02 Å². The average molecular weight is 523 g/mol. The molecule has 0 aliphatic carbocycles. The third kappa shape index (κ3) is 6.74. The van der Waals surface area contributed by atoms with Gasteiger partial charge in [0.2, 0.25) is 5.91 Å². The molecular weight excluding hydrogens is 484 g/mol. The van der Waals surface area contributed by atoms with Gasteiger partial charge in [0.1, 0.15) is 5.75 Å². The number of carbonyl (C=O) groups excluding carboxylic acids is 1. The minimum atomic E-state index is -0.280. The molecule has 7 heteroatoms. The normalized spacial score (nSPS) is 18.1. The number of ether oxygens (including phenoxy) is 1. The van der Waals surface area contributed by atoms with Gasteiger partial charge in [0.05, 0.1) is 12.3 Å². The lowest BCUT2D eigenvalue weighted by atomic mass is 9.77. The standard InChI is InChI=1S/C30H39ClN4O2/c1-22-16-26(12-13-28(22)31)37-21-30(17-29(36)33(4)18-25-10-7-6-8-11-25)14-9-15-35(20-30)19-27-23(2)32-34(5)24(27)3/h6-8,10-13,16H,9,14-15,17-21H2,1-5H3/t30-/m1/s1. The summed E-state index contributed by atoms with van der Waals surface area (Å²) in [5.41, 5.74) is 5.38. The lowest BCUT2D eigenvalue weighted by molar-refractivity contribution is -0.135. The predicted molar refractivity (Wildman–Crippen MR) is 149 cm³/mol. The Morgan fingerprint density at radius 2 is 1.92 bits per heavy atom. The second kappa shape index (κ2) is 11.7. The van der Waals surface area contributed by atoms with Crippen LogP contribution in [0.1, 0.15) is 47.3 Å². The number of aromatic nitrogens is 2. The van der Waals surface area contributed by atoms with Crippen LogP contribution in [0.25, 0.3) is 0 Å². The zero-order chi connectivity index (χ0) is 26.6. The number of hydrogen-bond acceptors (Lipinski definition) is 4. The fourth-order valence-corrected chi connectivity index (χ4v) is 5.49. The highest BCUT2D eigenvalue weighted by Crippen LogP contribution is 2.36. The molecule has 198 valence electrons. The maximum Gasteiger partial charge on any atom is 0.223 e. The van der Waals surface area contributed by atoms with Crippen LogP contribution in [0.5, 0.6) is 5.75 Å². The van der Waals surface area contributed by atoms with Crippen molar-refractivity contribution in [1.82, 2.24) is 19.6 Å². The van der Waals surface area contributed by atoms with E-state index in [2.05, 4.69) is 36.0 Å². The minimum absolute atomic E-state index is 0.148. The van der Waals surface area contributed by atoms with E-state index in [1.165, 1.54) is 11.3 Å². The molecule has 6 nitrogen and oxygen atoms in total. The number of carbonyl (C=O) groups is 1. The molecule has 2 heterocycles. The molecule has 2 aromatic carbocycles. The van der Waals surface area contributed by atoms with Crippen molar-refractivity contribution in [3.05, 3.63) is 81.6 Å². The van der Waals surface area contributed by atoms with Gasteiger partial charge in [-0.1, -0.05) is 41.9 Å². The summed E-state index contributed by atoms with van der Waals surface area (Å²) in [6.45, 7) is 9.91. The first kappa shape index (κ1) is 27.2. The second-order valence-electron chi connectivity index (χ2n) is 10.7. The number of halogens is 1. The molecule has 1 fully saturated rings. The molecular formula is C30H39ClN4O2. The van der Waals surface area contributed by atoms with Gasteiger partial charge in [-0.15, -0.1) is 0 Å². The Morgan fingerprint density at radius 3 is 2.59 bits per heavy atom. The monoisotopic (exact) mass is 522 g/mol. The molecule has 1 saturated heterocycles. The van der Waals surface area contributed by atoms with E-state index < -0.39 is 0 Å². The van der Waals surface area contributed by atoms with Crippen molar-refractivity contribution in [1.29, 1.82) is 0 Å².